The highest BCUT2D eigenvalue weighted by Crippen LogP contribution is 2.35. The van der Waals surface area contributed by atoms with Crippen LogP contribution < -0.4 is 5.73 Å². The Labute approximate surface area is 182 Å². The van der Waals surface area contributed by atoms with Gasteiger partial charge in [0.25, 0.3) is 0 Å². The Morgan fingerprint density at radius 3 is 2.22 bits per heavy atom. The van der Waals surface area contributed by atoms with Crippen LogP contribution in [0.25, 0.3) is 16.9 Å². The average Bonchev–Trinajstić information content (AvgIpc) is 3.20. The minimum atomic E-state index is -4.69. The Balaban J connectivity index is 1.95. The molecule has 0 spiro atoms. The number of sulfone groups is 1. The molecule has 164 valence electrons. The zero-order chi connectivity index (χ0) is 23.1. The van der Waals surface area contributed by atoms with E-state index in [9.17, 15) is 21.6 Å². The van der Waals surface area contributed by atoms with Crippen LogP contribution in [0.2, 0.25) is 0 Å². The summed E-state index contributed by atoms with van der Waals surface area (Å²) in [5.41, 5.74) is 7.23. The van der Waals surface area contributed by atoms with Crippen molar-refractivity contribution in [3.63, 3.8) is 0 Å². The van der Waals surface area contributed by atoms with E-state index in [0.717, 1.165) is 23.8 Å². The normalized spacial score (nSPS) is 12.1. The van der Waals surface area contributed by atoms with Gasteiger partial charge in [-0.1, -0.05) is 41.1 Å². The zero-order valence-electron chi connectivity index (χ0n) is 16.7. The summed E-state index contributed by atoms with van der Waals surface area (Å²) in [6, 6.07) is 17.1. The van der Waals surface area contributed by atoms with Crippen LogP contribution in [0.15, 0.2) is 82.7 Å². The van der Waals surface area contributed by atoms with Crippen LogP contribution in [0.3, 0.4) is 0 Å². The smallest absolute Gasteiger partial charge is 0.399 e. The predicted molar refractivity (Wildman–Crippen MR) is 113 cm³/mol. The van der Waals surface area contributed by atoms with Gasteiger partial charge in [-0.05, 0) is 49.4 Å². The van der Waals surface area contributed by atoms with Crippen molar-refractivity contribution in [2.75, 3.05) is 5.73 Å². The molecule has 3 aromatic carbocycles. The largest absolute Gasteiger partial charge is 0.416 e. The average molecular weight is 458 g/mol. The Bertz CT molecular complexity index is 1380. The second-order valence-corrected chi connectivity index (χ2v) is 9.01. The van der Waals surface area contributed by atoms with Crippen molar-refractivity contribution in [2.45, 2.75) is 23.0 Å². The lowest BCUT2D eigenvalue weighted by Crippen LogP contribution is -2.09. The van der Waals surface area contributed by atoms with Crippen molar-refractivity contribution in [3.05, 3.63) is 83.9 Å². The molecule has 4 aromatic rings. The number of rotatable bonds is 4. The fraction of sp³-hybridized carbons (Fsp3) is 0.0909. The van der Waals surface area contributed by atoms with E-state index in [-0.39, 0.29) is 5.69 Å². The van der Waals surface area contributed by atoms with Gasteiger partial charge in [0.1, 0.15) is 5.69 Å². The van der Waals surface area contributed by atoms with Crippen LogP contribution in [0.4, 0.5) is 18.9 Å². The molecule has 6 nitrogen and oxygen atoms in total. The number of aryl methyl sites for hydroxylation is 1. The summed E-state index contributed by atoms with van der Waals surface area (Å²) in [5.74, 6) is 0. The van der Waals surface area contributed by atoms with Gasteiger partial charge in [-0.25, -0.2) is 13.1 Å². The summed E-state index contributed by atoms with van der Waals surface area (Å²) in [5, 5.41) is 7.42. The van der Waals surface area contributed by atoms with E-state index >= 15 is 0 Å². The van der Waals surface area contributed by atoms with Crippen molar-refractivity contribution in [3.8, 4) is 16.9 Å². The summed E-state index contributed by atoms with van der Waals surface area (Å²) in [6.45, 7) is 1.87. The first-order valence-corrected chi connectivity index (χ1v) is 10.9. The number of nitrogen functional groups attached to an aromatic ring is 1. The Morgan fingerprint density at radius 2 is 1.59 bits per heavy atom. The van der Waals surface area contributed by atoms with Gasteiger partial charge in [-0.3, -0.25) is 0 Å². The first kappa shape index (κ1) is 21.6. The molecule has 0 bridgehead atoms. The van der Waals surface area contributed by atoms with E-state index in [0.29, 0.717) is 23.0 Å². The van der Waals surface area contributed by atoms with Crippen molar-refractivity contribution in [1.29, 1.82) is 0 Å². The molecular weight excluding hydrogens is 441 g/mol. The topological polar surface area (TPSA) is 90.9 Å². The van der Waals surface area contributed by atoms with Crippen LogP contribution in [0.1, 0.15) is 11.1 Å². The Hall–Kier alpha value is -3.66. The van der Waals surface area contributed by atoms with E-state index in [2.05, 4.69) is 10.3 Å². The maximum absolute atomic E-state index is 13.4. The predicted octanol–water partition coefficient (Wildman–Crippen LogP) is 4.68. The molecule has 0 aliphatic rings. The lowest BCUT2D eigenvalue weighted by Gasteiger charge is -2.11. The Kier molecular flexibility index (Phi) is 5.25. The number of hydrogen-bond donors (Lipinski definition) is 1. The summed E-state index contributed by atoms with van der Waals surface area (Å²) in [6.07, 6.45) is -4.69. The third-order valence-corrected chi connectivity index (χ3v) is 6.49. The maximum Gasteiger partial charge on any atom is 0.416 e. The van der Waals surface area contributed by atoms with Gasteiger partial charge in [0, 0.05) is 11.3 Å². The quantitative estimate of drug-likeness (QED) is 0.449. The number of benzene rings is 3. The molecule has 0 saturated carbocycles. The van der Waals surface area contributed by atoms with Crippen LogP contribution >= 0.6 is 0 Å². The molecule has 10 heteroatoms. The van der Waals surface area contributed by atoms with Gasteiger partial charge in [0.05, 0.1) is 16.1 Å². The minimum Gasteiger partial charge on any atom is -0.399 e. The SMILES string of the molecule is Cc1ccc(-c2c(S(=O)(=O)c3cccc(C(F)(F)F)c3)nnn2-c2ccc(N)cc2)cc1. The molecule has 0 fully saturated rings. The van der Waals surface area contributed by atoms with Crippen molar-refractivity contribution in [1.82, 2.24) is 15.0 Å². The van der Waals surface area contributed by atoms with E-state index < -0.39 is 31.5 Å². The molecule has 1 heterocycles. The van der Waals surface area contributed by atoms with Crippen LogP contribution in [0, 0.1) is 6.92 Å². The third kappa shape index (κ3) is 3.96. The second-order valence-electron chi connectivity index (χ2n) is 7.14. The molecule has 0 amide bonds. The molecule has 0 aliphatic heterocycles. The first-order chi connectivity index (χ1) is 15.1. The molecule has 0 saturated heterocycles. The standard InChI is InChI=1S/C22H17F3N4O2S/c1-14-5-7-15(8-6-14)20-21(27-28-29(20)18-11-9-17(26)10-12-18)32(30,31)19-4-2-3-16(13-19)22(23,24)25/h2-13H,26H2,1H3. The monoisotopic (exact) mass is 458 g/mol. The molecule has 4 rings (SSSR count). The number of anilines is 1. The van der Waals surface area contributed by atoms with Gasteiger partial charge in [-0.15, -0.1) is 5.10 Å². The van der Waals surface area contributed by atoms with Crippen molar-refractivity contribution in [2.24, 2.45) is 0 Å². The second kappa shape index (κ2) is 7.79. The highest BCUT2D eigenvalue weighted by molar-refractivity contribution is 7.91. The van der Waals surface area contributed by atoms with Gasteiger partial charge < -0.3 is 5.73 Å². The summed E-state index contributed by atoms with van der Waals surface area (Å²) in [4.78, 5) is -0.523. The van der Waals surface area contributed by atoms with Crippen LogP contribution in [-0.2, 0) is 16.0 Å². The fourth-order valence-corrected chi connectivity index (χ4v) is 4.52. The van der Waals surface area contributed by atoms with Crippen LogP contribution in [0.5, 0.6) is 0 Å². The number of nitrogens with zero attached hydrogens (tertiary/aromatic N) is 3. The molecule has 0 unspecified atom stereocenters. The lowest BCUT2D eigenvalue weighted by molar-refractivity contribution is -0.137. The minimum absolute atomic E-state index is 0.132. The van der Waals surface area contributed by atoms with E-state index in [1.165, 1.54) is 4.68 Å². The molecule has 0 atom stereocenters. The maximum atomic E-state index is 13.4. The fourth-order valence-electron chi connectivity index (χ4n) is 3.15. The van der Waals surface area contributed by atoms with Gasteiger partial charge in [0.2, 0.25) is 14.9 Å². The number of hydrogen-bond acceptors (Lipinski definition) is 5. The van der Waals surface area contributed by atoms with Crippen molar-refractivity contribution < 1.29 is 21.6 Å². The van der Waals surface area contributed by atoms with E-state index in [4.69, 9.17) is 5.73 Å². The highest BCUT2D eigenvalue weighted by atomic mass is 32.2. The third-order valence-electron chi connectivity index (χ3n) is 4.83. The lowest BCUT2D eigenvalue weighted by atomic mass is 10.1. The van der Waals surface area contributed by atoms with Crippen molar-refractivity contribution >= 4 is 15.5 Å². The van der Waals surface area contributed by atoms with Gasteiger partial charge >= 0.3 is 6.18 Å². The zero-order valence-corrected chi connectivity index (χ0v) is 17.5. The molecule has 32 heavy (non-hydrogen) atoms. The highest BCUT2D eigenvalue weighted by Gasteiger charge is 2.34. The number of nitrogens with two attached hydrogens (primary N) is 1. The summed E-state index contributed by atoms with van der Waals surface area (Å²) < 4.78 is 67.5. The van der Waals surface area contributed by atoms with E-state index in [1.54, 1.807) is 48.5 Å². The van der Waals surface area contributed by atoms with E-state index in [1.807, 2.05) is 6.92 Å². The number of alkyl halides is 3. The van der Waals surface area contributed by atoms with Gasteiger partial charge in [0.15, 0.2) is 0 Å². The summed E-state index contributed by atoms with van der Waals surface area (Å²) >= 11 is 0. The van der Waals surface area contributed by atoms with Gasteiger partial charge in [-0.2, -0.15) is 13.2 Å². The molecule has 0 aliphatic carbocycles. The molecular formula is C22H17F3N4O2S. The summed E-state index contributed by atoms with van der Waals surface area (Å²) in [7, 11) is -4.43. The molecule has 0 radical (unpaired) electrons. The molecule has 2 N–H and O–H groups in total. The first-order valence-electron chi connectivity index (χ1n) is 9.38. The Morgan fingerprint density at radius 1 is 0.938 bits per heavy atom. The number of halogens is 3. The van der Waals surface area contributed by atoms with Crippen LogP contribution in [-0.4, -0.2) is 23.4 Å². The number of aromatic nitrogens is 3. The molecule has 1 aromatic heterocycles.